The average Bonchev–Trinajstić information content (AvgIpc) is 3.17. The second kappa shape index (κ2) is 8.28. The fourth-order valence-electron chi connectivity index (χ4n) is 2.82. The van der Waals surface area contributed by atoms with E-state index >= 15 is 0 Å². The number of pyridine rings is 1. The van der Waals surface area contributed by atoms with Crippen LogP contribution in [0.2, 0.25) is 0 Å². The van der Waals surface area contributed by atoms with Gasteiger partial charge in [0.2, 0.25) is 0 Å². The molecule has 0 aliphatic heterocycles. The topological polar surface area (TPSA) is 73.3 Å². The molecule has 29 heavy (non-hydrogen) atoms. The van der Waals surface area contributed by atoms with E-state index in [-0.39, 0.29) is 12.5 Å². The SMILES string of the molecule is COc1cc(C)ccc1OCC(=O)Nc1ccc(-c2nc3cccnc3s2)cc1. The van der Waals surface area contributed by atoms with Crippen molar-refractivity contribution in [3.8, 4) is 22.1 Å². The number of benzene rings is 2. The number of rotatable bonds is 6. The zero-order valence-corrected chi connectivity index (χ0v) is 16.8. The van der Waals surface area contributed by atoms with Crippen LogP contribution in [0.15, 0.2) is 60.8 Å². The van der Waals surface area contributed by atoms with Gasteiger partial charge in [0, 0.05) is 17.4 Å². The molecular weight excluding hydrogens is 386 g/mol. The zero-order valence-electron chi connectivity index (χ0n) is 16.0. The minimum atomic E-state index is -0.246. The normalized spacial score (nSPS) is 10.7. The lowest BCUT2D eigenvalue weighted by molar-refractivity contribution is -0.118. The number of carbonyl (C=O) groups is 1. The molecule has 1 N–H and O–H groups in total. The van der Waals surface area contributed by atoms with Crippen molar-refractivity contribution >= 4 is 33.3 Å². The van der Waals surface area contributed by atoms with E-state index in [4.69, 9.17) is 9.47 Å². The number of hydrogen-bond acceptors (Lipinski definition) is 6. The predicted molar refractivity (Wildman–Crippen MR) is 115 cm³/mol. The standard InChI is InChI=1S/C22H19N3O3S/c1-14-5-10-18(19(12-14)27-2)28-13-20(26)24-16-8-6-15(7-9-16)21-25-17-4-3-11-23-22(17)29-21/h3-12H,13H2,1-2H3,(H,24,26). The van der Waals surface area contributed by atoms with Crippen LogP contribution in [0.4, 0.5) is 5.69 Å². The number of amides is 1. The molecule has 146 valence electrons. The summed E-state index contributed by atoms with van der Waals surface area (Å²) in [6, 6.07) is 16.9. The fraction of sp³-hybridized carbons (Fsp3) is 0.136. The minimum absolute atomic E-state index is 0.106. The molecular formula is C22H19N3O3S. The van der Waals surface area contributed by atoms with Crippen LogP contribution in [0.1, 0.15) is 5.56 Å². The Labute approximate surface area is 172 Å². The van der Waals surface area contributed by atoms with Crippen LogP contribution in [0.5, 0.6) is 11.5 Å². The highest BCUT2D eigenvalue weighted by atomic mass is 32.1. The Morgan fingerprint density at radius 3 is 2.69 bits per heavy atom. The molecule has 0 saturated heterocycles. The molecule has 0 aliphatic carbocycles. The van der Waals surface area contributed by atoms with E-state index in [1.807, 2.05) is 55.5 Å². The lowest BCUT2D eigenvalue weighted by atomic mass is 10.2. The van der Waals surface area contributed by atoms with Gasteiger partial charge in [-0.15, -0.1) is 0 Å². The molecule has 0 aliphatic rings. The van der Waals surface area contributed by atoms with Crippen molar-refractivity contribution in [2.24, 2.45) is 0 Å². The molecule has 0 spiro atoms. The highest BCUT2D eigenvalue weighted by Crippen LogP contribution is 2.30. The van der Waals surface area contributed by atoms with E-state index in [1.54, 1.807) is 19.4 Å². The van der Waals surface area contributed by atoms with Crippen molar-refractivity contribution in [2.45, 2.75) is 6.92 Å². The Bertz CT molecular complexity index is 1120. The second-order valence-electron chi connectivity index (χ2n) is 6.42. The molecule has 2 aromatic carbocycles. The molecule has 0 saturated carbocycles. The van der Waals surface area contributed by atoms with Gasteiger partial charge in [-0.1, -0.05) is 17.4 Å². The fourth-order valence-corrected chi connectivity index (χ4v) is 3.74. The first-order valence-electron chi connectivity index (χ1n) is 9.01. The minimum Gasteiger partial charge on any atom is -0.493 e. The van der Waals surface area contributed by atoms with E-state index in [0.29, 0.717) is 17.2 Å². The predicted octanol–water partition coefficient (Wildman–Crippen LogP) is 4.69. The molecule has 6 nitrogen and oxygen atoms in total. The van der Waals surface area contributed by atoms with Gasteiger partial charge < -0.3 is 14.8 Å². The number of aromatic nitrogens is 2. The van der Waals surface area contributed by atoms with Crippen LogP contribution >= 0.6 is 11.3 Å². The number of anilines is 1. The first kappa shape index (κ1) is 18.9. The summed E-state index contributed by atoms with van der Waals surface area (Å²) < 4.78 is 10.9. The molecule has 2 aromatic heterocycles. The third-order valence-electron chi connectivity index (χ3n) is 4.26. The molecule has 0 bridgehead atoms. The first-order chi connectivity index (χ1) is 14.1. The Kier molecular flexibility index (Phi) is 5.39. The van der Waals surface area contributed by atoms with E-state index in [2.05, 4.69) is 15.3 Å². The van der Waals surface area contributed by atoms with Crippen LogP contribution in [0, 0.1) is 6.92 Å². The highest BCUT2D eigenvalue weighted by molar-refractivity contribution is 7.21. The van der Waals surface area contributed by atoms with E-state index < -0.39 is 0 Å². The van der Waals surface area contributed by atoms with E-state index in [0.717, 1.165) is 26.5 Å². The van der Waals surface area contributed by atoms with Gasteiger partial charge in [-0.3, -0.25) is 4.79 Å². The van der Waals surface area contributed by atoms with E-state index in [9.17, 15) is 4.79 Å². The maximum absolute atomic E-state index is 12.2. The van der Waals surface area contributed by atoms with Gasteiger partial charge in [-0.05, 0) is 61.0 Å². The third kappa shape index (κ3) is 4.35. The summed E-state index contributed by atoms with van der Waals surface area (Å²) in [5, 5.41) is 3.73. The van der Waals surface area contributed by atoms with Gasteiger partial charge in [0.25, 0.3) is 5.91 Å². The van der Waals surface area contributed by atoms with Crippen LogP contribution in [0.25, 0.3) is 20.9 Å². The lowest BCUT2D eigenvalue weighted by Crippen LogP contribution is -2.20. The molecule has 0 unspecified atom stereocenters. The molecule has 4 rings (SSSR count). The number of carbonyl (C=O) groups excluding carboxylic acids is 1. The molecule has 2 heterocycles. The van der Waals surface area contributed by atoms with Crippen LogP contribution in [-0.4, -0.2) is 29.6 Å². The number of nitrogens with zero attached hydrogens (tertiary/aromatic N) is 2. The summed E-state index contributed by atoms with van der Waals surface area (Å²) in [5.41, 5.74) is 3.61. The van der Waals surface area contributed by atoms with Gasteiger partial charge in [-0.2, -0.15) is 0 Å². The Balaban J connectivity index is 1.39. The first-order valence-corrected chi connectivity index (χ1v) is 9.83. The van der Waals surface area contributed by atoms with Crippen molar-refractivity contribution in [3.63, 3.8) is 0 Å². The van der Waals surface area contributed by atoms with Gasteiger partial charge in [0.15, 0.2) is 18.1 Å². The number of nitrogens with one attached hydrogen (secondary N) is 1. The van der Waals surface area contributed by atoms with Gasteiger partial charge in [-0.25, -0.2) is 9.97 Å². The Morgan fingerprint density at radius 1 is 1.10 bits per heavy atom. The monoisotopic (exact) mass is 405 g/mol. The summed E-state index contributed by atoms with van der Waals surface area (Å²) in [5.74, 6) is 0.894. The van der Waals surface area contributed by atoms with E-state index in [1.165, 1.54) is 11.3 Å². The summed E-state index contributed by atoms with van der Waals surface area (Å²) in [6.07, 6.45) is 1.76. The number of thiazole rings is 1. The lowest BCUT2D eigenvalue weighted by Gasteiger charge is -2.11. The van der Waals surface area contributed by atoms with Crippen molar-refractivity contribution in [2.75, 3.05) is 19.0 Å². The maximum atomic E-state index is 12.2. The van der Waals surface area contributed by atoms with Crippen molar-refractivity contribution in [1.29, 1.82) is 0 Å². The molecule has 0 atom stereocenters. The van der Waals surface area contributed by atoms with Crippen LogP contribution in [-0.2, 0) is 4.79 Å². The zero-order chi connectivity index (χ0) is 20.2. The van der Waals surface area contributed by atoms with Crippen molar-refractivity contribution in [1.82, 2.24) is 9.97 Å². The maximum Gasteiger partial charge on any atom is 0.262 e. The Hall–Kier alpha value is -3.45. The van der Waals surface area contributed by atoms with Crippen LogP contribution in [0.3, 0.4) is 0 Å². The molecule has 0 radical (unpaired) electrons. The molecule has 7 heteroatoms. The Morgan fingerprint density at radius 2 is 1.93 bits per heavy atom. The second-order valence-corrected chi connectivity index (χ2v) is 7.39. The molecule has 4 aromatic rings. The summed E-state index contributed by atoms with van der Waals surface area (Å²) in [4.78, 5) is 22.1. The van der Waals surface area contributed by atoms with Crippen LogP contribution < -0.4 is 14.8 Å². The number of aryl methyl sites for hydroxylation is 1. The summed E-state index contributed by atoms with van der Waals surface area (Å²) in [6.45, 7) is 1.86. The third-order valence-corrected chi connectivity index (χ3v) is 5.29. The highest BCUT2D eigenvalue weighted by Gasteiger charge is 2.10. The number of hydrogen-bond donors (Lipinski definition) is 1. The summed E-state index contributed by atoms with van der Waals surface area (Å²) >= 11 is 1.54. The summed E-state index contributed by atoms with van der Waals surface area (Å²) in [7, 11) is 1.57. The smallest absolute Gasteiger partial charge is 0.262 e. The van der Waals surface area contributed by atoms with Gasteiger partial charge >= 0.3 is 0 Å². The quantitative estimate of drug-likeness (QED) is 0.504. The van der Waals surface area contributed by atoms with Crippen molar-refractivity contribution < 1.29 is 14.3 Å². The molecule has 0 fully saturated rings. The van der Waals surface area contributed by atoms with Gasteiger partial charge in [0.05, 0.1) is 7.11 Å². The number of methoxy groups -OCH3 is 1. The largest absolute Gasteiger partial charge is 0.493 e. The number of fused-ring (bicyclic) bond motifs is 1. The average molecular weight is 405 g/mol. The van der Waals surface area contributed by atoms with Crippen molar-refractivity contribution in [3.05, 3.63) is 66.4 Å². The van der Waals surface area contributed by atoms with Gasteiger partial charge in [0.1, 0.15) is 15.4 Å². The molecule has 1 amide bonds. The number of ether oxygens (including phenoxy) is 2.